The second kappa shape index (κ2) is 4.29. The van der Waals surface area contributed by atoms with Crippen LogP contribution in [-0.2, 0) is 4.74 Å². The molecule has 0 aromatic rings. The third-order valence-electron chi connectivity index (χ3n) is 3.20. The van der Waals surface area contributed by atoms with E-state index in [-0.39, 0.29) is 6.04 Å². The molecule has 1 saturated carbocycles. The minimum absolute atomic E-state index is 0.00273. The van der Waals surface area contributed by atoms with Crippen LogP contribution in [0, 0.1) is 17.2 Å². The molecule has 2 rings (SSSR count). The van der Waals surface area contributed by atoms with Gasteiger partial charge in [0.05, 0.1) is 18.2 Å². The van der Waals surface area contributed by atoms with Crippen molar-refractivity contribution in [2.24, 2.45) is 5.92 Å². The Hall–Kier alpha value is -0.590. The summed E-state index contributed by atoms with van der Waals surface area (Å²) in [6.07, 6.45) is 4.96. The smallest absolute Gasteiger partial charge is 0.0953 e. The van der Waals surface area contributed by atoms with Crippen LogP contribution in [0.4, 0.5) is 0 Å². The van der Waals surface area contributed by atoms with Gasteiger partial charge in [-0.1, -0.05) is 6.92 Å². The van der Waals surface area contributed by atoms with Gasteiger partial charge in [-0.25, -0.2) is 0 Å². The van der Waals surface area contributed by atoms with Crippen LogP contribution in [-0.4, -0.2) is 24.8 Å². The van der Waals surface area contributed by atoms with Gasteiger partial charge in [0.25, 0.3) is 0 Å². The highest BCUT2D eigenvalue weighted by Crippen LogP contribution is 2.38. The third kappa shape index (κ3) is 2.08. The predicted octanol–water partition coefficient (Wildman–Crippen LogP) is 1.45. The van der Waals surface area contributed by atoms with E-state index in [1.807, 2.05) is 6.92 Å². The van der Waals surface area contributed by atoms with E-state index in [0.29, 0.717) is 12.1 Å². The minimum Gasteiger partial charge on any atom is -0.376 e. The van der Waals surface area contributed by atoms with Gasteiger partial charge in [0.1, 0.15) is 0 Å². The lowest BCUT2D eigenvalue weighted by molar-refractivity contribution is 0.0800. The van der Waals surface area contributed by atoms with E-state index in [1.165, 1.54) is 12.8 Å². The largest absolute Gasteiger partial charge is 0.376 e. The number of ether oxygens (including phenoxy) is 1. The fourth-order valence-corrected chi connectivity index (χ4v) is 2.18. The van der Waals surface area contributed by atoms with Crippen molar-refractivity contribution >= 4 is 0 Å². The lowest BCUT2D eigenvalue weighted by atomic mass is 10.0. The first-order valence-electron chi connectivity index (χ1n) is 5.62. The molecule has 2 fully saturated rings. The fraction of sp³-hybridized carbons (Fsp3) is 0.909. The molecule has 14 heavy (non-hydrogen) atoms. The lowest BCUT2D eigenvalue weighted by Gasteiger charge is -2.21. The number of rotatable bonds is 4. The molecular weight excluding hydrogens is 176 g/mol. The Labute approximate surface area is 85.4 Å². The monoisotopic (exact) mass is 194 g/mol. The van der Waals surface area contributed by atoms with Crippen molar-refractivity contribution < 1.29 is 4.74 Å². The van der Waals surface area contributed by atoms with Crippen LogP contribution in [0.1, 0.15) is 32.6 Å². The Morgan fingerprint density at radius 1 is 1.50 bits per heavy atom. The van der Waals surface area contributed by atoms with Gasteiger partial charge in [-0.3, -0.25) is 5.32 Å². The summed E-state index contributed by atoms with van der Waals surface area (Å²) in [5, 5.41) is 12.3. The number of hydrogen-bond acceptors (Lipinski definition) is 3. The highest BCUT2D eigenvalue weighted by atomic mass is 16.5. The van der Waals surface area contributed by atoms with Gasteiger partial charge in [0.2, 0.25) is 0 Å². The highest BCUT2D eigenvalue weighted by Gasteiger charge is 2.40. The van der Waals surface area contributed by atoms with Gasteiger partial charge >= 0.3 is 0 Å². The second-order valence-corrected chi connectivity index (χ2v) is 4.32. The zero-order valence-corrected chi connectivity index (χ0v) is 8.70. The Morgan fingerprint density at radius 3 is 2.86 bits per heavy atom. The van der Waals surface area contributed by atoms with Crippen LogP contribution in [0.3, 0.4) is 0 Å². The molecule has 0 aromatic carbocycles. The van der Waals surface area contributed by atoms with Crippen LogP contribution in [0.2, 0.25) is 0 Å². The molecule has 2 aliphatic rings. The summed E-state index contributed by atoms with van der Waals surface area (Å²) in [6.45, 7) is 2.91. The van der Waals surface area contributed by atoms with Crippen LogP contribution < -0.4 is 5.32 Å². The molecule has 1 aliphatic carbocycles. The van der Waals surface area contributed by atoms with Gasteiger partial charge in [-0.15, -0.1) is 0 Å². The van der Waals surface area contributed by atoms with Crippen LogP contribution >= 0.6 is 0 Å². The summed E-state index contributed by atoms with van der Waals surface area (Å²) in [4.78, 5) is 0. The molecule has 1 saturated heterocycles. The number of hydrogen-bond donors (Lipinski definition) is 1. The van der Waals surface area contributed by atoms with E-state index < -0.39 is 0 Å². The molecule has 0 amide bonds. The summed E-state index contributed by atoms with van der Waals surface area (Å²) in [6, 6.07) is 2.72. The summed E-state index contributed by atoms with van der Waals surface area (Å²) < 4.78 is 5.71. The number of nitrogens with one attached hydrogen (secondary N) is 1. The first-order valence-corrected chi connectivity index (χ1v) is 5.62. The molecule has 0 spiro atoms. The minimum atomic E-state index is 0.00273. The molecule has 3 unspecified atom stereocenters. The van der Waals surface area contributed by atoms with Crippen LogP contribution in [0.5, 0.6) is 0 Å². The number of nitrogens with zero attached hydrogens (tertiary/aromatic N) is 1. The Bertz CT molecular complexity index is 232. The topological polar surface area (TPSA) is 45.0 Å². The molecule has 1 aliphatic heterocycles. The van der Waals surface area contributed by atoms with Gasteiger partial charge < -0.3 is 4.74 Å². The molecule has 3 nitrogen and oxygen atoms in total. The van der Waals surface area contributed by atoms with Crippen LogP contribution in [0.25, 0.3) is 0 Å². The molecule has 1 N–H and O–H groups in total. The van der Waals surface area contributed by atoms with Gasteiger partial charge in [-0.05, 0) is 31.6 Å². The average molecular weight is 194 g/mol. The molecule has 0 radical (unpaired) electrons. The first kappa shape index (κ1) is 9.95. The Morgan fingerprint density at radius 2 is 2.29 bits per heavy atom. The molecule has 3 atom stereocenters. The molecule has 0 bridgehead atoms. The normalized spacial score (nSPS) is 34.0. The van der Waals surface area contributed by atoms with E-state index in [2.05, 4.69) is 11.4 Å². The zero-order chi connectivity index (χ0) is 9.97. The van der Waals surface area contributed by atoms with E-state index in [4.69, 9.17) is 10.00 Å². The quantitative estimate of drug-likeness (QED) is 0.736. The lowest BCUT2D eigenvalue weighted by Crippen LogP contribution is -2.43. The average Bonchev–Trinajstić information content (AvgIpc) is 2.95. The SMILES string of the molecule is CCC(C#N)NC1CCOC1C1CC1. The van der Waals surface area contributed by atoms with Gasteiger partial charge in [0.15, 0.2) is 0 Å². The molecular formula is C11H18N2O. The molecule has 78 valence electrons. The van der Waals surface area contributed by atoms with E-state index in [9.17, 15) is 0 Å². The Balaban J connectivity index is 1.86. The van der Waals surface area contributed by atoms with Crippen molar-refractivity contribution in [3.05, 3.63) is 0 Å². The number of nitriles is 1. The Kier molecular flexibility index (Phi) is 3.05. The molecule has 1 heterocycles. The van der Waals surface area contributed by atoms with E-state index >= 15 is 0 Å². The maximum Gasteiger partial charge on any atom is 0.0953 e. The summed E-state index contributed by atoms with van der Waals surface area (Å²) >= 11 is 0. The van der Waals surface area contributed by atoms with E-state index in [1.54, 1.807) is 0 Å². The first-order chi connectivity index (χ1) is 6.85. The van der Waals surface area contributed by atoms with Crippen molar-refractivity contribution in [3.8, 4) is 6.07 Å². The van der Waals surface area contributed by atoms with Crippen LogP contribution in [0.15, 0.2) is 0 Å². The maximum atomic E-state index is 8.87. The zero-order valence-electron chi connectivity index (χ0n) is 8.70. The van der Waals surface area contributed by atoms with Gasteiger partial charge in [0, 0.05) is 12.6 Å². The summed E-state index contributed by atoms with van der Waals surface area (Å²) in [5.41, 5.74) is 0. The maximum absolute atomic E-state index is 8.87. The van der Waals surface area contributed by atoms with Crippen molar-refractivity contribution in [1.82, 2.24) is 5.32 Å². The van der Waals surface area contributed by atoms with Crippen molar-refractivity contribution in [2.45, 2.75) is 50.8 Å². The van der Waals surface area contributed by atoms with Gasteiger partial charge in [-0.2, -0.15) is 5.26 Å². The molecule has 0 aromatic heterocycles. The fourth-order valence-electron chi connectivity index (χ4n) is 2.18. The summed E-state index contributed by atoms with van der Waals surface area (Å²) in [5.74, 6) is 0.770. The second-order valence-electron chi connectivity index (χ2n) is 4.32. The predicted molar refractivity (Wildman–Crippen MR) is 53.7 cm³/mol. The summed E-state index contributed by atoms with van der Waals surface area (Å²) in [7, 11) is 0. The van der Waals surface area contributed by atoms with Crippen molar-refractivity contribution in [2.75, 3.05) is 6.61 Å². The third-order valence-corrected chi connectivity index (χ3v) is 3.20. The van der Waals surface area contributed by atoms with E-state index in [0.717, 1.165) is 25.4 Å². The van der Waals surface area contributed by atoms with Crippen molar-refractivity contribution in [3.63, 3.8) is 0 Å². The van der Waals surface area contributed by atoms with Crippen molar-refractivity contribution in [1.29, 1.82) is 5.26 Å². The standard InChI is InChI=1S/C11H18N2O/c1-2-9(7-12)13-10-5-6-14-11(10)8-3-4-8/h8-11,13H,2-6H2,1H3. The highest BCUT2D eigenvalue weighted by molar-refractivity contribution is 4.98. The molecule has 3 heteroatoms.